The third-order valence-corrected chi connectivity index (χ3v) is 3.96. The Hall–Kier alpha value is -1.18. The molecule has 0 N–H and O–H groups in total. The number of aryl methyl sites for hydroxylation is 2. The Labute approximate surface area is 124 Å². The van der Waals surface area contributed by atoms with Crippen LogP contribution in [0.3, 0.4) is 0 Å². The van der Waals surface area contributed by atoms with Crippen molar-refractivity contribution in [3.63, 3.8) is 0 Å². The maximum atomic E-state index is 10.9. The molecule has 0 saturated heterocycles. The molecule has 1 aromatic carbocycles. The fraction of sp³-hybridized carbons (Fsp3) is 0.667. The normalized spacial score (nSPS) is 10.7. The van der Waals surface area contributed by atoms with E-state index in [2.05, 4.69) is 12.1 Å². The Bertz CT molecular complexity index is 387. The molecule has 0 saturated carbocycles. The number of hydrogen-bond acceptors (Lipinski definition) is 2. The SMILES string of the molecule is CCCCCCCCCCCc1cccc(C)c1N=O. The maximum absolute atomic E-state index is 10.9. The second-order valence-corrected chi connectivity index (χ2v) is 5.75. The fourth-order valence-electron chi connectivity index (χ4n) is 2.68. The van der Waals surface area contributed by atoms with Gasteiger partial charge in [-0.3, -0.25) is 0 Å². The summed E-state index contributed by atoms with van der Waals surface area (Å²) in [5, 5.41) is 3.18. The highest BCUT2D eigenvalue weighted by Crippen LogP contribution is 2.25. The average Bonchev–Trinajstić information content (AvgIpc) is 2.45. The molecule has 2 nitrogen and oxygen atoms in total. The van der Waals surface area contributed by atoms with Gasteiger partial charge < -0.3 is 0 Å². The van der Waals surface area contributed by atoms with Crippen molar-refractivity contribution in [3.8, 4) is 0 Å². The van der Waals surface area contributed by atoms with Crippen LogP contribution < -0.4 is 0 Å². The molecule has 0 aliphatic carbocycles. The highest BCUT2D eigenvalue weighted by atomic mass is 16.3. The molecule has 0 aliphatic rings. The minimum Gasteiger partial charge on any atom is -0.145 e. The molecule has 0 heterocycles. The molecule has 1 aromatic rings. The summed E-state index contributed by atoms with van der Waals surface area (Å²) >= 11 is 0. The van der Waals surface area contributed by atoms with Crippen LogP contribution >= 0.6 is 0 Å². The van der Waals surface area contributed by atoms with Gasteiger partial charge in [0.25, 0.3) is 0 Å². The molecule has 0 spiro atoms. The summed E-state index contributed by atoms with van der Waals surface area (Å²) in [4.78, 5) is 10.9. The number of nitroso groups, excluding NO2 is 1. The molecule has 20 heavy (non-hydrogen) atoms. The van der Waals surface area contributed by atoms with Crippen molar-refractivity contribution in [2.75, 3.05) is 0 Å². The molecule has 0 bridgehead atoms. The molecule has 0 amide bonds. The molecular weight excluding hydrogens is 246 g/mol. The summed E-state index contributed by atoms with van der Waals surface area (Å²) in [5.41, 5.74) is 2.77. The summed E-state index contributed by atoms with van der Waals surface area (Å²) in [6, 6.07) is 6.01. The first-order valence-corrected chi connectivity index (χ1v) is 8.21. The molecule has 2 heteroatoms. The second-order valence-electron chi connectivity index (χ2n) is 5.75. The zero-order chi connectivity index (χ0) is 14.6. The number of unbranched alkanes of at least 4 members (excludes halogenated alkanes) is 8. The molecule has 0 aliphatic heterocycles. The zero-order valence-corrected chi connectivity index (χ0v) is 13.2. The van der Waals surface area contributed by atoms with E-state index in [1.807, 2.05) is 25.1 Å². The Balaban J connectivity index is 2.13. The van der Waals surface area contributed by atoms with E-state index >= 15 is 0 Å². The van der Waals surface area contributed by atoms with Crippen LogP contribution in [-0.2, 0) is 6.42 Å². The van der Waals surface area contributed by atoms with Crippen LogP contribution in [0.2, 0.25) is 0 Å². The maximum Gasteiger partial charge on any atom is 0.114 e. The third kappa shape index (κ3) is 6.31. The van der Waals surface area contributed by atoms with Gasteiger partial charge in [0.2, 0.25) is 0 Å². The number of rotatable bonds is 11. The van der Waals surface area contributed by atoms with Crippen LogP contribution in [0.25, 0.3) is 0 Å². The number of nitrogens with zero attached hydrogens (tertiary/aromatic N) is 1. The Morgan fingerprint density at radius 3 is 2.10 bits per heavy atom. The Kier molecular flexibility index (Phi) is 8.93. The summed E-state index contributed by atoms with van der Waals surface area (Å²) in [7, 11) is 0. The van der Waals surface area contributed by atoms with E-state index in [0.717, 1.165) is 17.5 Å². The minimum atomic E-state index is 0.659. The van der Waals surface area contributed by atoms with Crippen molar-refractivity contribution in [3.05, 3.63) is 34.2 Å². The first-order chi connectivity index (χ1) is 9.79. The second kappa shape index (κ2) is 10.6. The summed E-state index contributed by atoms with van der Waals surface area (Å²) in [6.45, 7) is 4.21. The molecular formula is C18H29NO. The molecule has 0 unspecified atom stereocenters. The minimum absolute atomic E-state index is 0.659. The highest BCUT2D eigenvalue weighted by molar-refractivity contribution is 5.52. The van der Waals surface area contributed by atoms with Gasteiger partial charge in [-0.1, -0.05) is 76.5 Å². The summed E-state index contributed by atoms with van der Waals surface area (Å²) in [5.74, 6) is 0. The van der Waals surface area contributed by atoms with Gasteiger partial charge in [-0.2, -0.15) is 0 Å². The van der Waals surface area contributed by atoms with Gasteiger partial charge in [0.1, 0.15) is 5.69 Å². The van der Waals surface area contributed by atoms with Crippen LogP contribution in [0.15, 0.2) is 23.4 Å². The monoisotopic (exact) mass is 275 g/mol. The first kappa shape index (κ1) is 16.9. The molecule has 0 fully saturated rings. The van der Waals surface area contributed by atoms with E-state index in [9.17, 15) is 4.91 Å². The van der Waals surface area contributed by atoms with E-state index in [1.54, 1.807) is 0 Å². The Morgan fingerprint density at radius 1 is 0.900 bits per heavy atom. The van der Waals surface area contributed by atoms with Crippen molar-refractivity contribution in [1.82, 2.24) is 0 Å². The molecule has 0 radical (unpaired) electrons. The zero-order valence-electron chi connectivity index (χ0n) is 13.2. The summed E-state index contributed by atoms with van der Waals surface area (Å²) < 4.78 is 0. The van der Waals surface area contributed by atoms with Crippen molar-refractivity contribution in [1.29, 1.82) is 0 Å². The lowest BCUT2D eigenvalue weighted by molar-refractivity contribution is 0.565. The van der Waals surface area contributed by atoms with Gasteiger partial charge in [-0.05, 0) is 36.1 Å². The smallest absolute Gasteiger partial charge is 0.114 e. The van der Waals surface area contributed by atoms with E-state index in [4.69, 9.17) is 0 Å². The first-order valence-electron chi connectivity index (χ1n) is 8.21. The van der Waals surface area contributed by atoms with E-state index in [0.29, 0.717) is 5.69 Å². The van der Waals surface area contributed by atoms with E-state index < -0.39 is 0 Å². The van der Waals surface area contributed by atoms with Gasteiger partial charge in [0, 0.05) is 0 Å². The number of hydrogen-bond donors (Lipinski definition) is 0. The highest BCUT2D eigenvalue weighted by Gasteiger charge is 2.05. The quantitative estimate of drug-likeness (QED) is 0.336. The predicted octanol–water partition coefficient (Wildman–Crippen LogP) is 6.47. The van der Waals surface area contributed by atoms with Crippen molar-refractivity contribution >= 4 is 5.69 Å². The van der Waals surface area contributed by atoms with Crippen LogP contribution in [0, 0.1) is 11.8 Å². The lowest BCUT2D eigenvalue weighted by Gasteiger charge is -2.06. The van der Waals surface area contributed by atoms with Crippen molar-refractivity contribution < 1.29 is 0 Å². The van der Waals surface area contributed by atoms with Gasteiger partial charge in [0.05, 0.1) is 0 Å². The van der Waals surface area contributed by atoms with Crippen LogP contribution in [0.5, 0.6) is 0 Å². The van der Waals surface area contributed by atoms with Crippen LogP contribution in [0.4, 0.5) is 5.69 Å². The van der Waals surface area contributed by atoms with E-state index in [1.165, 1.54) is 57.8 Å². The van der Waals surface area contributed by atoms with Crippen LogP contribution in [0.1, 0.15) is 75.8 Å². The van der Waals surface area contributed by atoms with E-state index in [-0.39, 0.29) is 0 Å². The third-order valence-electron chi connectivity index (χ3n) is 3.96. The van der Waals surface area contributed by atoms with Crippen molar-refractivity contribution in [2.24, 2.45) is 5.18 Å². The van der Waals surface area contributed by atoms with Crippen molar-refractivity contribution in [2.45, 2.75) is 78.1 Å². The molecule has 0 aromatic heterocycles. The van der Waals surface area contributed by atoms with Gasteiger partial charge in [0.15, 0.2) is 0 Å². The number of benzene rings is 1. The molecule has 112 valence electrons. The van der Waals surface area contributed by atoms with Gasteiger partial charge >= 0.3 is 0 Å². The molecule has 0 atom stereocenters. The average molecular weight is 275 g/mol. The standard InChI is InChI=1S/C18H29NO/c1-3-4-5-6-7-8-9-10-11-14-17-15-12-13-16(2)18(17)19-20/h12-13,15H,3-11,14H2,1-2H3. The summed E-state index contributed by atoms with van der Waals surface area (Å²) in [6.07, 6.45) is 13.0. The fourth-order valence-corrected chi connectivity index (χ4v) is 2.68. The van der Waals surface area contributed by atoms with Crippen LogP contribution in [-0.4, -0.2) is 0 Å². The van der Waals surface area contributed by atoms with Gasteiger partial charge in [-0.25, -0.2) is 0 Å². The Morgan fingerprint density at radius 2 is 1.50 bits per heavy atom. The molecule has 1 rings (SSSR count). The van der Waals surface area contributed by atoms with Gasteiger partial charge in [-0.15, -0.1) is 4.91 Å². The largest absolute Gasteiger partial charge is 0.145 e. The predicted molar refractivity (Wildman–Crippen MR) is 87.6 cm³/mol. The lowest BCUT2D eigenvalue weighted by atomic mass is 10.0. The topological polar surface area (TPSA) is 29.4 Å². The lowest BCUT2D eigenvalue weighted by Crippen LogP contribution is -1.89.